The van der Waals surface area contributed by atoms with E-state index in [0.717, 1.165) is 11.0 Å². The van der Waals surface area contributed by atoms with Gasteiger partial charge in [-0.3, -0.25) is 19.3 Å². The van der Waals surface area contributed by atoms with Gasteiger partial charge in [-0.05, 0) is 25.1 Å². The number of fused-ring (bicyclic) bond motifs is 1. The Morgan fingerprint density at radius 3 is 2.67 bits per heavy atom. The molecule has 4 nitrogen and oxygen atoms in total. The van der Waals surface area contributed by atoms with Gasteiger partial charge in [0.1, 0.15) is 5.82 Å². The van der Waals surface area contributed by atoms with Gasteiger partial charge in [0.25, 0.3) is 11.7 Å². The van der Waals surface area contributed by atoms with Crippen molar-refractivity contribution >= 4 is 23.2 Å². The average Bonchev–Trinajstić information content (AvgIpc) is 2.60. The lowest BCUT2D eigenvalue weighted by Gasteiger charge is -2.22. The number of hydrogen-bond donors (Lipinski definition) is 0. The fourth-order valence-electron chi connectivity index (χ4n) is 2.06. The molecule has 1 aliphatic heterocycles. The maximum atomic E-state index is 13.1. The lowest BCUT2D eigenvalue weighted by atomic mass is 10.1. The molecule has 1 heterocycles. The molecule has 5 heteroatoms. The van der Waals surface area contributed by atoms with Gasteiger partial charge in [-0.2, -0.15) is 0 Å². The Hall–Kier alpha value is -2.04. The van der Waals surface area contributed by atoms with E-state index < -0.39 is 23.5 Å². The van der Waals surface area contributed by atoms with Crippen LogP contribution in [0.3, 0.4) is 0 Å². The van der Waals surface area contributed by atoms with Crippen LogP contribution >= 0.6 is 0 Å². The van der Waals surface area contributed by atoms with Gasteiger partial charge in [-0.25, -0.2) is 4.39 Å². The third-order valence-corrected chi connectivity index (χ3v) is 3.08. The summed E-state index contributed by atoms with van der Waals surface area (Å²) in [6.45, 7) is 3.25. The van der Waals surface area contributed by atoms with E-state index in [1.54, 1.807) is 13.8 Å². The van der Waals surface area contributed by atoms with Gasteiger partial charge in [-0.15, -0.1) is 0 Å². The first-order valence-corrected chi connectivity index (χ1v) is 5.67. The van der Waals surface area contributed by atoms with Crippen molar-refractivity contribution in [3.8, 4) is 0 Å². The molecule has 18 heavy (non-hydrogen) atoms. The number of anilines is 1. The van der Waals surface area contributed by atoms with Crippen LogP contribution in [0.25, 0.3) is 0 Å². The zero-order valence-corrected chi connectivity index (χ0v) is 10.1. The summed E-state index contributed by atoms with van der Waals surface area (Å²) in [5.41, 5.74) is 0.330. The number of rotatable bonds is 3. The molecule has 1 aliphatic rings. The first kappa shape index (κ1) is 12.4. The van der Waals surface area contributed by atoms with E-state index in [0.29, 0.717) is 5.69 Å². The molecular formula is C13H12FNO3. The maximum absolute atomic E-state index is 13.1. The standard InChI is InChI=1S/C13H12FNO3/c1-3-11(16)7(2)15-10-5-4-8(14)6-9(10)12(17)13(15)18/h4-7H,3H2,1-2H3. The monoisotopic (exact) mass is 249 g/mol. The van der Waals surface area contributed by atoms with Gasteiger partial charge >= 0.3 is 0 Å². The smallest absolute Gasteiger partial charge is 0.297 e. The predicted octanol–water partition coefficient (Wildman–Crippen LogP) is 1.72. The van der Waals surface area contributed by atoms with Crippen LogP contribution in [0.2, 0.25) is 0 Å². The first-order chi connectivity index (χ1) is 8.47. The second kappa shape index (κ2) is 4.33. The van der Waals surface area contributed by atoms with Crippen LogP contribution in [-0.2, 0) is 9.59 Å². The molecule has 0 saturated carbocycles. The van der Waals surface area contributed by atoms with Gasteiger partial charge in [-0.1, -0.05) is 6.92 Å². The molecule has 1 atom stereocenters. The molecule has 1 amide bonds. The number of halogens is 1. The Morgan fingerprint density at radius 2 is 2.06 bits per heavy atom. The van der Waals surface area contributed by atoms with Gasteiger partial charge in [0.05, 0.1) is 17.3 Å². The van der Waals surface area contributed by atoms with Crippen molar-refractivity contribution in [2.45, 2.75) is 26.3 Å². The molecule has 1 aromatic carbocycles. The van der Waals surface area contributed by atoms with Crippen molar-refractivity contribution in [1.29, 1.82) is 0 Å². The van der Waals surface area contributed by atoms with Crippen LogP contribution in [-0.4, -0.2) is 23.5 Å². The number of ketones is 2. The van der Waals surface area contributed by atoms with Crippen molar-refractivity contribution in [2.75, 3.05) is 4.90 Å². The molecule has 0 N–H and O–H groups in total. The minimum atomic E-state index is -0.773. The number of benzene rings is 1. The lowest BCUT2D eigenvalue weighted by molar-refractivity contribution is -0.122. The maximum Gasteiger partial charge on any atom is 0.300 e. The SMILES string of the molecule is CCC(=O)C(C)N1C(=O)C(=O)c2cc(F)ccc21. The van der Waals surface area contributed by atoms with Crippen molar-refractivity contribution < 1.29 is 18.8 Å². The highest BCUT2D eigenvalue weighted by Gasteiger charge is 2.40. The van der Waals surface area contributed by atoms with Gasteiger partial charge < -0.3 is 0 Å². The van der Waals surface area contributed by atoms with E-state index in [1.165, 1.54) is 12.1 Å². The van der Waals surface area contributed by atoms with Gasteiger partial charge in [0.2, 0.25) is 0 Å². The molecule has 1 aromatic rings. The van der Waals surface area contributed by atoms with Crippen LogP contribution in [0.15, 0.2) is 18.2 Å². The number of amides is 1. The normalized spacial score (nSPS) is 15.8. The second-order valence-corrected chi connectivity index (χ2v) is 4.16. The van der Waals surface area contributed by atoms with E-state index in [9.17, 15) is 18.8 Å². The number of carbonyl (C=O) groups is 3. The molecule has 0 saturated heterocycles. The summed E-state index contributed by atoms with van der Waals surface area (Å²) in [7, 11) is 0. The summed E-state index contributed by atoms with van der Waals surface area (Å²) < 4.78 is 13.1. The van der Waals surface area contributed by atoms with Crippen LogP contribution < -0.4 is 4.90 Å². The summed E-state index contributed by atoms with van der Waals surface area (Å²) in [6.07, 6.45) is 0.273. The number of hydrogen-bond acceptors (Lipinski definition) is 3. The minimum Gasteiger partial charge on any atom is -0.297 e. The van der Waals surface area contributed by atoms with E-state index in [4.69, 9.17) is 0 Å². The van der Waals surface area contributed by atoms with E-state index >= 15 is 0 Å². The third kappa shape index (κ3) is 1.72. The number of nitrogens with zero attached hydrogens (tertiary/aromatic N) is 1. The zero-order valence-electron chi connectivity index (χ0n) is 10.1. The molecule has 1 unspecified atom stereocenters. The van der Waals surface area contributed by atoms with Crippen LogP contribution in [0.1, 0.15) is 30.6 Å². The molecule has 0 aromatic heterocycles. The van der Waals surface area contributed by atoms with E-state index in [2.05, 4.69) is 0 Å². The Kier molecular flexibility index (Phi) is 2.98. The Balaban J connectivity index is 2.49. The molecule has 0 spiro atoms. The molecule has 0 fully saturated rings. The Labute approximate surface area is 103 Å². The van der Waals surface area contributed by atoms with Crippen molar-refractivity contribution in [3.05, 3.63) is 29.6 Å². The molecule has 94 valence electrons. The summed E-state index contributed by atoms with van der Waals surface area (Å²) in [4.78, 5) is 36.3. The fraction of sp³-hybridized carbons (Fsp3) is 0.308. The Morgan fingerprint density at radius 1 is 1.39 bits per heavy atom. The van der Waals surface area contributed by atoms with Gasteiger partial charge in [0, 0.05) is 6.42 Å². The first-order valence-electron chi connectivity index (χ1n) is 5.67. The highest BCUT2D eigenvalue weighted by atomic mass is 19.1. The summed E-state index contributed by atoms with van der Waals surface area (Å²) in [6, 6.07) is 2.84. The molecular weight excluding hydrogens is 237 g/mol. The largest absolute Gasteiger partial charge is 0.300 e. The topological polar surface area (TPSA) is 54.5 Å². The Bertz CT molecular complexity index is 553. The van der Waals surface area contributed by atoms with E-state index in [1.807, 2.05) is 0 Å². The molecule has 2 rings (SSSR count). The average molecular weight is 249 g/mol. The minimum absolute atomic E-state index is 0.0238. The number of carbonyl (C=O) groups excluding carboxylic acids is 3. The van der Waals surface area contributed by atoms with Crippen LogP contribution in [0, 0.1) is 5.82 Å². The van der Waals surface area contributed by atoms with Gasteiger partial charge in [0.15, 0.2) is 5.78 Å². The second-order valence-electron chi connectivity index (χ2n) is 4.16. The molecule has 0 bridgehead atoms. The van der Waals surface area contributed by atoms with Crippen molar-refractivity contribution in [1.82, 2.24) is 0 Å². The fourth-order valence-corrected chi connectivity index (χ4v) is 2.06. The van der Waals surface area contributed by atoms with Crippen LogP contribution in [0.4, 0.5) is 10.1 Å². The predicted molar refractivity (Wildman–Crippen MR) is 63.0 cm³/mol. The third-order valence-electron chi connectivity index (χ3n) is 3.08. The summed E-state index contributed by atoms with van der Waals surface area (Å²) in [5.74, 6) is -2.26. The van der Waals surface area contributed by atoms with E-state index in [-0.39, 0.29) is 17.8 Å². The highest BCUT2D eigenvalue weighted by molar-refractivity contribution is 6.52. The van der Waals surface area contributed by atoms with Crippen molar-refractivity contribution in [2.24, 2.45) is 0 Å². The molecule has 0 radical (unpaired) electrons. The zero-order chi connectivity index (χ0) is 13.4. The quantitative estimate of drug-likeness (QED) is 0.766. The number of Topliss-reactive ketones (excluding diaryl/α,β-unsaturated/α-hetero) is 2. The van der Waals surface area contributed by atoms with Crippen molar-refractivity contribution in [3.63, 3.8) is 0 Å². The van der Waals surface area contributed by atoms with Crippen LogP contribution in [0.5, 0.6) is 0 Å². The summed E-state index contributed by atoms with van der Waals surface area (Å²) in [5, 5.41) is 0. The highest BCUT2D eigenvalue weighted by Crippen LogP contribution is 2.31. The lowest BCUT2D eigenvalue weighted by Crippen LogP contribution is -2.42. The summed E-state index contributed by atoms with van der Waals surface area (Å²) >= 11 is 0. The molecule has 0 aliphatic carbocycles.